The number of carbonyl (C=O) groups is 1. The van der Waals surface area contributed by atoms with Gasteiger partial charge in [-0.25, -0.2) is 9.97 Å². The van der Waals surface area contributed by atoms with Crippen LogP contribution in [0.25, 0.3) is 0 Å². The lowest BCUT2D eigenvalue weighted by atomic mass is 10.0. The molecule has 3 aromatic rings. The van der Waals surface area contributed by atoms with Gasteiger partial charge in [0.05, 0.1) is 0 Å². The summed E-state index contributed by atoms with van der Waals surface area (Å²) in [5.41, 5.74) is 4.86. The summed E-state index contributed by atoms with van der Waals surface area (Å²) in [5, 5.41) is 2.94. The van der Waals surface area contributed by atoms with Crippen molar-refractivity contribution in [3.63, 3.8) is 0 Å². The minimum Gasteiger partial charge on any atom is -0.326 e. The third-order valence-electron chi connectivity index (χ3n) is 5.06. The van der Waals surface area contributed by atoms with Gasteiger partial charge in [0, 0.05) is 24.0 Å². The van der Waals surface area contributed by atoms with Crippen molar-refractivity contribution in [1.29, 1.82) is 0 Å². The number of hydrogen-bond donors (Lipinski definition) is 1. The van der Waals surface area contributed by atoms with Crippen LogP contribution >= 0.6 is 0 Å². The molecule has 0 fully saturated rings. The van der Waals surface area contributed by atoms with Crippen molar-refractivity contribution < 1.29 is 4.79 Å². The van der Waals surface area contributed by atoms with E-state index >= 15 is 0 Å². The molecule has 1 N–H and O–H groups in total. The predicted octanol–water partition coefficient (Wildman–Crippen LogP) is 4.68. The summed E-state index contributed by atoms with van der Waals surface area (Å²) in [7, 11) is 0. The summed E-state index contributed by atoms with van der Waals surface area (Å²) >= 11 is 0. The Labute approximate surface area is 165 Å². The highest BCUT2D eigenvalue weighted by atomic mass is 16.1. The molecule has 0 bridgehead atoms. The van der Waals surface area contributed by atoms with Crippen LogP contribution in [0.15, 0.2) is 54.6 Å². The fraction of sp³-hybridized carbons (Fsp3) is 0.261. The number of aryl methyl sites for hydroxylation is 3. The number of nitrogens with one attached hydrogen (secondary N) is 1. The highest BCUT2D eigenvalue weighted by molar-refractivity contribution is 6.03. The maximum atomic E-state index is 12.8. The lowest BCUT2D eigenvalue weighted by molar-refractivity contribution is 0.102. The van der Waals surface area contributed by atoms with Gasteiger partial charge in [-0.3, -0.25) is 4.79 Å². The second-order valence-corrected chi connectivity index (χ2v) is 7.05. The number of rotatable bonds is 4. The van der Waals surface area contributed by atoms with Crippen LogP contribution in [0.3, 0.4) is 0 Å². The van der Waals surface area contributed by atoms with Gasteiger partial charge in [-0.1, -0.05) is 37.3 Å². The van der Waals surface area contributed by atoms with Crippen molar-refractivity contribution in [3.8, 4) is 0 Å². The summed E-state index contributed by atoms with van der Waals surface area (Å²) in [6.45, 7) is 4.82. The largest absolute Gasteiger partial charge is 0.326 e. The normalized spacial score (nSPS) is 13.1. The Morgan fingerprint density at radius 1 is 1.11 bits per heavy atom. The van der Waals surface area contributed by atoms with E-state index in [0.29, 0.717) is 11.5 Å². The third-order valence-corrected chi connectivity index (χ3v) is 5.06. The molecule has 1 aliphatic heterocycles. The summed E-state index contributed by atoms with van der Waals surface area (Å²) in [4.78, 5) is 23.9. The summed E-state index contributed by atoms with van der Waals surface area (Å²) < 4.78 is 0. The van der Waals surface area contributed by atoms with Crippen molar-refractivity contribution in [3.05, 3.63) is 77.2 Å². The molecule has 28 heavy (non-hydrogen) atoms. The molecule has 142 valence electrons. The van der Waals surface area contributed by atoms with Gasteiger partial charge < -0.3 is 10.2 Å². The van der Waals surface area contributed by atoms with E-state index in [1.807, 2.05) is 37.3 Å². The number of hydrogen-bond acceptors (Lipinski definition) is 4. The average Bonchev–Trinajstić information content (AvgIpc) is 2.73. The van der Waals surface area contributed by atoms with Crippen LogP contribution in [0.5, 0.6) is 0 Å². The second-order valence-electron chi connectivity index (χ2n) is 7.05. The number of aromatic nitrogens is 2. The van der Waals surface area contributed by atoms with Crippen molar-refractivity contribution in [1.82, 2.24) is 9.97 Å². The Balaban J connectivity index is 1.61. The average molecular weight is 372 g/mol. The Hall–Kier alpha value is -3.21. The van der Waals surface area contributed by atoms with E-state index < -0.39 is 0 Å². The number of para-hydroxylation sites is 1. The van der Waals surface area contributed by atoms with E-state index in [0.717, 1.165) is 43.0 Å². The van der Waals surface area contributed by atoms with Crippen LogP contribution < -0.4 is 10.2 Å². The van der Waals surface area contributed by atoms with E-state index in [-0.39, 0.29) is 5.91 Å². The first-order valence-corrected chi connectivity index (χ1v) is 9.75. The van der Waals surface area contributed by atoms with E-state index in [1.54, 1.807) is 6.07 Å². The summed E-state index contributed by atoms with van der Waals surface area (Å²) in [6, 6.07) is 18.1. The number of nitrogens with zero attached hydrogens (tertiary/aromatic N) is 3. The number of amides is 1. The fourth-order valence-corrected chi connectivity index (χ4v) is 3.60. The third kappa shape index (κ3) is 3.74. The SMILES string of the molecule is CCc1ccc(NC(=O)c2cc(N3CCCc4ccccc43)nc(C)n2)cc1. The molecule has 4 rings (SSSR count). The standard InChI is InChI=1S/C23H24N4O/c1-3-17-10-12-19(13-11-17)26-23(28)20-15-22(25-16(2)24-20)27-14-6-8-18-7-4-5-9-21(18)27/h4-5,7,9-13,15H,3,6,8,14H2,1-2H3,(H,26,28). The quantitative estimate of drug-likeness (QED) is 0.722. The van der Waals surface area contributed by atoms with Crippen LogP contribution in [0.4, 0.5) is 17.2 Å². The van der Waals surface area contributed by atoms with Crippen molar-refractivity contribution >= 4 is 23.1 Å². The summed E-state index contributed by atoms with van der Waals surface area (Å²) in [6.07, 6.45) is 3.10. The molecule has 0 aliphatic carbocycles. The Morgan fingerprint density at radius 2 is 1.89 bits per heavy atom. The molecule has 5 nitrogen and oxygen atoms in total. The van der Waals surface area contributed by atoms with Gasteiger partial charge in [0.2, 0.25) is 0 Å². The van der Waals surface area contributed by atoms with E-state index in [2.05, 4.69) is 45.3 Å². The van der Waals surface area contributed by atoms with Crippen molar-refractivity contribution in [2.24, 2.45) is 0 Å². The van der Waals surface area contributed by atoms with Crippen LogP contribution in [0, 0.1) is 6.92 Å². The fourth-order valence-electron chi connectivity index (χ4n) is 3.60. The highest BCUT2D eigenvalue weighted by Gasteiger charge is 2.21. The first-order valence-electron chi connectivity index (χ1n) is 9.75. The van der Waals surface area contributed by atoms with Crippen LogP contribution in [0.1, 0.15) is 40.8 Å². The maximum Gasteiger partial charge on any atom is 0.274 e. The number of fused-ring (bicyclic) bond motifs is 1. The molecule has 0 radical (unpaired) electrons. The number of carbonyl (C=O) groups excluding carboxylic acids is 1. The minimum absolute atomic E-state index is 0.221. The van der Waals surface area contributed by atoms with Crippen molar-refractivity contribution in [2.75, 3.05) is 16.8 Å². The lowest BCUT2D eigenvalue weighted by Gasteiger charge is -2.30. The summed E-state index contributed by atoms with van der Waals surface area (Å²) in [5.74, 6) is 1.14. The molecule has 1 amide bonds. The zero-order valence-electron chi connectivity index (χ0n) is 16.3. The minimum atomic E-state index is -0.221. The molecule has 5 heteroatoms. The smallest absolute Gasteiger partial charge is 0.274 e. The molecule has 0 atom stereocenters. The van der Waals surface area contributed by atoms with E-state index in [9.17, 15) is 4.79 Å². The Bertz CT molecular complexity index is 998. The Kier molecular flexibility index (Phi) is 5.06. The molecule has 2 heterocycles. The molecule has 0 unspecified atom stereocenters. The van der Waals surface area contributed by atoms with Crippen LogP contribution in [-0.4, -0.2) is 22.4 Å². The van der Waals surface area contributed by atoms with Gasteiger partial charge in [-0.2, -0.15) is 0 Å². The second kappa shape index (κ2) is 7.80. The molecule has 2 aromatic carbocycles. The Morgan fingerprint density at radius 3 is 2.68 bits per heavy atom. The van der Waals surface area contributed by atoms with Crippen LogP contribution in [0.2, 0.25) is 0 Å². The molecule has 1 aromatic heterocycles. The molecule has 0 saturated carbocycles. The molecule has 1 aliphatic rings. The lowest BCUT2D eigenvalue weighted by Crippen LogP contribution is -2.26. The maximum absolute atomic E-state index is 12.8. The van der Waals surface area contributed by atoms with Gasteiger partial charge in [-0.05, 0) is 55.5 Å². The van der Waals surface area contributed by atoms with Crippen molar-refractivity contribution in [2.45, 2.75) is 33.1 Å². The number of benzene rings is 2. The van der Waals surface area contributed by atoms with Gasteiger partial charge in [0.1, 0.15) is 17.3 Å². The van der Waals surface area contributed by atoms with Gasteiger partial charge in [-0.15, -0.1) is 0 Å². The van der Waals surface area contributed by atoms with Crippen LogP contribution in [-0.2, 0) is 12.8 Å². The van der Waals surface area contributed by atoms with E-state index in [1.165, 1.54) is 11.1 Å². The zero-order valence-corrected chi connectivity index (χ0v) is 16.3. The molecule has 0 saturated heterocycles. The first-order chi connectivity index (χ1) is 13.6. The van der Waals surface area contributed by atoms with Gasteiger partial charge in [0.25, 0.3) is 5.91 Å². The topological polar surface area (TPSA) is 58.1 Å². The zero-order chi connectivity index (χ0) is 19.5. The molecular formula is C23H24N4O. The van der Waals surface area contributed by atoms with E-state index in [4.69, 9.17) is 0 Å². The number of anilines is 3. The molecule has 0 spiro atoms. The first kappa shape index (κ1) is 18.2. The molecular weight excluding hydrogens is 348 g/mol. The highest BCUT2D eigenvalue weighted by Crippen LogP contribution is 2.32. The predicted molar refractivity (Wildman–Crippen MR) is 112 cm³/mol. The van der Waals surface area contributed by atoms with Gasteiger partial charge >= 0.3 is 0 Å². The monoisotopic (exact) mass is 372 g/mol. The van der Waals surface area contributed by atoms with Gasteiger partial charge in [0.15, 0.2) is 0 Å².